The normalized spacial score (nSPS) is 9.89. The first kappa shape index (κ1) is 13.0. The van der Waals surface area contributed by atoms with Gasteiger partial charge in [0.1, 0.15) is 17.2 Å². The van der Waals surface area contributed by atoms with Gasteiger partial charge < -0.3 is 15.2 Å². The van der Waals surface area contributed by atoms with E-state index >= 15 is 0 Å². The number of para-hydroxylation sites is 1. The summed E-state index contributed by atoms with van der Waals surface area (Å²) >= 11 is 0. The molecule has 0 unspecified atom stereocenters. The van der Waals surface area contributed by atoms with Gasteiger partial charge in [-0.15, -0.1) is 0 Å². The van der Waals surface area contributed by atoms with Gasteiger partial charge in [0.05, 0.1) is 12.4 Å². The van der Waals surface area contributed by atoms with Crippen LogP contribution in [-0.2, 0) is 0 Å². The molecule has 2 rings (SSSR count). The molecular weight excluding hydrogens is 240 g/mol. The zero-order chi connectivity index (χ0) is 13.5. The van der Waals surface area contributed by atoms with Crippen LogP contribution < -0.4 is 15.2 Å². The first-order valence-electron chi connectivity index (χ1n) is 6.03. The van der Waals surface area contributed by atoms with Crippen LogP contribution in [0.3, 0.4) is 0 Å². The summed E-state index contributed by atoms with van der Waals surface area (Å²) < 4.78 is 11.1. The van der Waals surface area contributed by atoms with Gasteiger partial charge in [0, 0.05) is 6.42 Å². The van der Waals surface area contributed by atoms with Crippen LogP contribution in [0.4, 0.5) is 0 Å². The second kappa shape index (κ2) is 6.44. The third kappa shape index (κ3) is 4.35. The number of nitrogens with two attached hydrogens (primary N) is 1. The molecule has 0 aliphatic carbocycles. The maximum atomic E-state index is 7.10. The maximum absolute atomic E-state index is 7.10. The molecule has 0 fully saturated rings. The van der Waals surface area contributed by atoms with E-state index < -0.39 is 0 Å². The van der Waals surface area contributed by atoms with Gasteiger partial charge >= 0.3 is 0 Å². The van der Waals surface area contributed by atoms with E-state index in [-0.39, 0.29) is 5.84 Å². The smallest absolute Gasteiger partial charge is 0.127 e. The summed E-state index contributed by atoms with van der Waals surface area (Å²) in [4.78, 5) is 0. The van der Waals surface area contributed by atoms with Gasteiger partial charge in [0.25, 0.3) is 0 Å². The Morgan fingerprint density at radius 1 is 0.895 bits per heavy atom. The monoisotopic (exact) mass is 256 g/mol. The van der Waals surface area contributed by atoms with Crippen LogP contribution in [0.25, 0.3) is 0 Å². The first-order valence-corrected chi connectivity index (χ1v) is 6.03. The molecule has 2 aromatic carbocycles. The number of benzene rings is 2. The molecular formula is C15H16N2O2. The Morgan fingerprint density at radius 2 is 1.47 bits per heavy atom. The minimum Gasteiger partial charge on any atom is -0.493 e. The van der Waals surface area contributed by atoms with Crippen molar-refractivity contribution >= 4 is 5.84 Å². The minimum atomic E-state index is 0.129. The number of ether oxygens (including phenoxy) is 2. The molecule has 0 aliphatic rings. The molecule has 0 bridgehead atoms. The summed E-state index contributed by atoms with van der Waals surface area (Å²) in [5, 5.41) is 7.10. The van der Waals surface area contributed by atoms with E-state index in [1.54, 1.807) is 0 Å². The average molecular weight is 256 g/mol. The van der Waals surface area contributed by atoms with Crippen molar-refractivity contribution < 1.29 is 9.47 Å². The molecule has 2 aromatic rings. The average Bonchev–Trinajstić information content (AvgIpc) is 2.42. The SMILES string of the molecule is N=C(N)CCOc1ccc(Oc2ccccc2)cc1. The van der Waals surface area contributed by atoms with E-state index in [1.807, 2.05) is 54.6 Å². The van der Waals surface area contributed by atoms with Gasteiger partial charge in [-0.1, -0.05) is 18.2 Å². The van der Waals surface area contributed by atoms with Gasteiger partial charge in [-0.3, -0.25) is 5.41 Å². The second-order valence-electron chi connectivity index (χ2n) is 4.01. The maximum Gasteiger partial charge on any atom is 0.127 e. The standard InChI is InChI=1S/C15H16N2O2/c16-15(17)10-11-18-12-6-8-14(9-7-12)19-13-4-2-1-3-5-13/h1-9H,10-11H2,(H3,16,17). The van der Waals surface area contributed by atoms with E-state index in [2.05, 4.69) is 0 Å². The molecule has 0 saturated carbocycles. The lowest BCUT2D eigenvalue weighted by Gasteiger charge is -2.08. The number of nitrogens with one attached hydrogen (secondary N) is 1. The summed E-state index contributed by atoms with van der Waals surface area (Å²) in [7, 11) is 0. The largest absolute Gasteiger partial charge is 0.493 e. The van der Waals surface area contributed by atoms with E-state index in [4.69, 9.17) is 20.6 Å². The van der Waals surface area contributed by atoms with Crippen LogP contribution >= 0.6 is 0 Å². The van der Waals surface area contributed by atoms with Crippen molar-refractivity contribution in [2.24, 2.45) is 5.73 Å². The fourth-order valence-corrected chi connectivity index (χ4v) is 1.51. The van der Waals surface area contributed by atoms with E-state index in [1.165, 1.54) is 0 Å². The van der Waals surface area contributed by atoms with Gasteiger partial charge in [0.15, 0.2) is 0 Å². The fourth-order valence-electron chi connectivity index (χ4n) is 1.51. The number of hydrogen-bond donors (Lipinski definition) is 2. The highest BCUT2D eigenvalue weighted by Gasteiger charge is 1.98. The lowest BCUT2D eigenvalue weighted by atomic mass is 10.3. The quantitative estimate of drug-likeness (QED) is 0.616. The zero-order valence-corrected chi connectivity index (χ0v) is 10.5. The van der Waals surface area contributed by atoms with Crippen LogP contribution in [0.1, 0.15) is 6.42 Å². The predicted molar refractivity (Wildman–Crippen MR) is 75.0 cm³/mol. The Morgan fingerprint density at radius 3 is 2.11 bits per heavy atom. The Bertz CT molecular complexity index is 524. The van der Waals surface area contributed by atoms with Crippen LogP contribution in [0.2, 0.25) is 0 Å². The van der Waals surface area contributed by atoms with Crippen molar-refractivity contribution in [2.45, 2.75) is 6.42 Å². The topological polar surface area (TPSA) is 68.3 Å². The van der Waals surface area contributed by atoms with Gasteiger partial charge in [-0.25, -0.2) is 0 Å². The van der Waals surface area contributed by atoms with Gasteiger partial charge in [-0.05, 0) is 36.4 Å². The van der Waals surface area contributed by atoms with Crippen molar-refractivity contribution in [3.8, 4) is 17.2 Å². The molecule has 0 saturated heterocycles. The molecule has 0 atom stereocenters. The summed E-state index contributed by atoms with van der Waals surface area (Å²) in [6.45, 7) is 0.411. The molecule has 0 amide bonds. The van der Waals surface area contributed by atoms with Crippen molar-refractivity contribution in [3.63, 3.8) is 0 Å². The molecule has 0 aliphatic heterocycles. The summed E-state index contributed by atoms with van der Waals surface area (Å²) in [5.41, 5.74) is 5.25. The molecule has 0 spiro atoms. The lowest BCUT2D eigenvalue weighted by Crippen LogP contribution is -2.13. The molecule has 0 radical (unpaired) electrons. The predicted octanol–water partition coefficient (Wildman–Crippen LogP) is 3.18. The number of rotatable bonds is 6. The molecule has 98 valence electrons. The molecule has 4 heteroatoms. The van der Waals surface area contributed by atoms with Crippen LogP contribution in [0, 0.1) is 5.41 Å². The highest BCUT2D eigenvalue weighted by Crippen LogP contribution is 2.23. The van der Waals surface area contributed by atoms with E-state index in [0.717, 1.165) is 17.2 Å². The molecule has 3 N–H and O–H groups in total. The van der Waals surface area contributed by atoms with E-state index in [0.29, 0.717) is 13.0 Å². The van der Waals surface area contributed by atoms with Gasteiger partial charge in [0.2, 0.25) is 0 Å². The zero-order valence-electron chi connectivity index (χ0n) is 10.5. The first-order chi connectivity index (χ1) is 9.24. The summed E-state index contributed by atoms with van der Waals surface area (Å²) in [6.07, 6.45) is 0.433. The number of hydrogen-bond acceptors (Lipinski definition) is 3. The van der Waals surface area contributed by atoms with Crippen molar-refractivity contribution in [1.29, 1.82) is 5.41 Å². The second-order valence-corrected chi connectivity index (χ2v) is 4.01. The summed E-state index contributed by atoms with van der Waals surface area (Å²) in [5.74, 6) is 2.42. The van der Waals surface area contributed by atoms with Gasteiger partial charge in [-0.2, -0.15) is 0 Å². The Hall–Kier alpha value is -2.49. The van der Waals surface area contributed by atoms with Crippen LogP contribution in [-0.4, -0.2) is 12.4 Å². The highest BCUT2D eigenvalue weighted by atomic mass is 16.5. The van der Waals surface area contributed by atoms with E-state index in [9.17, 15) is 0 Å². The van der Waals surface area contributed by atoms with Crippen LogP contribution in [0.5, 0.6) is 17.2 Å². The number of amidine groups is 1. The minimum absolute atomic E-state index is 0.129. The molecule has 0 heterocycles. The van der Waals surface area contributed by atoms with Crippen molar-refractivity contribution in [2.75, 3.05) is 6.61 Å². The Kier molecular flexibility index (Phi) is 4.39. The third-order valence-corrected chi connectivity index (χ3v) is 2.44. The summed E-state index contributed by atoms with van der Waals surface area (Å²) in [6, 6.07) is 16.9. The molecule has 4 nitrogen and oxygen atoms in total. The lowest BCUT2D eigenvalue weighted by molar-refractivity contribution is 0.328. The van der Waals surface area contributed by atoms with Crippen molar-refractivity contribution in [1.82, 2.24) is 0 Å². The Balaban J connectivity index is 1.89. The fraction of sp³-hybridized carbons (Fsp3) is 0.133. The molecule has 19 heavy (non-hydrogen) atoms. The Labute approximate surface area is 112 Å². The van der Waals surface area contributed by atoms with Crippen LogP contribution in [0.15, 0.2) is 54.6 Å². The molecule has 0 aromatic heterocycles. The highest BCUT2D eigenvalue weighted by molar-refractivity contribution is 5.76. The van der Waals surface area contributed by atoms with Crippen molar-refractivity contribution in [3.05, 3.63) is 54.6 Å². The third-order valence-electron chi connectivity index (χ3n) is 2.44.